The maximum Gasteiger partial charge on any atom is 0.287 e. The van der Waals surface area contributed by atoms with Gasteiger partial charge in [0, 0.05) is 25.3 Å². The lowest BCUT2D eigenvalue weighted by atomic mass is 10.1. The van der Waals surface area contributed by atoms with Gasteiger partial charge in [-0.05, 0) is 76.2 Å². The number of ether oxygens (including phenoxy) is 2. The van der Waals surface area contributed by atoms with Gasteiger partial charge in [-0.2, -0.15) is 5.10 Å². The number of carbonyl (C=O) groups is 2. The average Bonchev–Trinajstić information content (AvgIpc) is 2.88. The summed E-state index contributed by atoms with van der Waals surface area (Å²) in [4.78, 5) is 27.7. The fourth-order valence-electron chi connectivity index (χ4n) is 3.22. The van der Waals surface area contributed by atoms with E-state index in [0.717, 1.165) is 14.8 Å². The van der Waals surface area contributed by atoms with E-state index in [-0.39, 0.29) is 5.70 Å². The number of amides is 2. The molecule has 0 atom stereocenters. The quantitative estimate of drug-likeness (QED) is 0.166. The van der Waals surface area contributed by atoms with Gasteiger partial charge in [0.1, 0.15) is 5.70 Å². The molecular formula is C27H27IN4O4. The molecule has 0 fully saturated rings. The Balaban J connectivity index is 1.83. The van der Waals surface area contributed by atoms with Crippen LogP contribution in [0.5, 0.6) is 11.5 Å². The van der Waals surface area contributed by atoms with Gasteiger partial charge in [-0.1, -0.05) is 30.3 Å². The third-order valence-electron chi connectivity index (χ3n) is 5.08. The predicted octanol–water partition coefficient (Wildman–Crippen LogP) is 4.30. The number of rotatable bonds is 9. The highest BCUT2D eigenvalue weighted by Crippen LogP contribution is 2.33. The van der Waals surface area contributed by atoms with Gasteiger partial charge < -0.3 is 19.7 Å². The number of halogens is 1. The SMILES string of the molecule is COc1cc(/C=N/NC(=O)/C(=C\c2ccc(N(C)C)cc2)NC(=O)c2ccccc2)cc(I)c1OC. The fourth-order valence-corrected chi connectivity index (χ4v) is 4.06. The maximum absolute atomic E-state index is 13.0. The van der Waals surface area contributed by atoms with E-state index < -0.39 is 11.8 Å². The Morgan fingerprint density at radius 3 is 2.25 bits per heavy atom. The number of hydrogen-bond acceptors (Lipinski definition) is 6. The van der Waals surface area contributed by atoms with Gasteiger partial charge in [-0.15, -0.1) is 0 Å². The largest absolute Gasteiger partial charge is 0.493 e. The van der Waals surface area contributed by atoms with Crippen molar-refractivity contribution < 1.29 is 19.1 Å². The molecule has 186 valence electrons. The zero-order chi connectivity index (χ0) is 26.1. The molecule has 9 heteroatoms. The van der Waals surface area contributed by atoms with Gasteiger partial charge in [0.2, 0.25) is 0 Å². The molecule has 0 radical (unpaired) electrons. The van der Waals surface area contributed by atoms with Crippen LogP contribution in [-0.2, 0) is 4.79 Å². The van der Waals surface area contributed by atoms with E-state index in [0.29, 0.717) is 22.6 Å². The molecule has 0 saturated heterocycles. The van der Waals surface area contributed by atoms with Gasteiger partial charge in [-0.25, -0.2) is 5.43 Å². The summed E-state index contributed by atoms with van der Waals surface area (Å²) in [5, 5.41) is 6.77. The van der Waals surface area contributed by atoms with E-state index >= 15 is 0 Å². The van der Waals surface area contributed by atoms with Crippen LogP contribution in [0.25, 0.3) is 6.08 Å². The van der Waals surface area contributed by atoms with E-state index in [9.17, 15) is 9.59 Å². The number of nitrogens with one attached hydrogen (secondary N) is 2. The van der Waals surface area contributed by atoms with Crippen LogP contribution >= 0.6 is 22.6 Å². The molecule has 0 unspecified atom stereocenters. The Kier molecular flexibility index (Phi) is 9.46. The highest BCUT2D eigenvalue weighted by Gasteiger charge is 2.15. The molecule has 0 aliphatic heterocycles. The van der Waals surface area contributed by atoms with Crippen LogP contribution in [0, 0.1) is 3.57 Å². The molecule has 0 heterocycles. The second-order valence-electron chi connectivity index (χ2n) is 7.80. The van der Waals surface area contributed by atoms with Crippen molar-refractivity contribution in [2.45, 2.75) is 0 Å². The summed E-state index contributed by atoms with van der Waals surface area (Å²) < 4.78 is 11.5. The average molecular weight is 598 g/mol. The summed E-state index contributed by atoms with van der Waals surface area (Å²) in [6.45, 7) is 0. The van der Waals surface area contributed by atoms with E-state index in [1.165, 1.54) is 6.21 Å². The third-order valence-corrected chi connectivity index (χ3v) is 5.89. The second-order valence-corrected chi connectivity index (χ2v) is 8.96. The van der Waals surface area contributed by atoms with Gasteiger partial charge in [-0.3, -0.25) is 9.59 Å². The lowest BCUT2D eigenvalue weighted by molar-refractivity contribution is -0.117. The Morgan fingerprint density at radius 2 is 1.64 bits per heavy atom. The van der Waals surface area contributed by atoms with Crippen LogP contribution in [0.4, 0.5) is 5.69 Å². The van der Waals surface area contributed by atoms with Crippen molar-refractivity contribution in [3.05, 3.63) is 92.7 Å². The summed E-state index contributed by atoms with van der Waals surface area (Å²) in [7, 11) is 7.01. The topological polar surface area (TPSA) is 92.3 Å². The Hall–Kier alpha value is -3.86. The van der Waals surface area contributed by atoms with Crippen molar-refractivity contribution in [3.63, 3.8) is 0 Å². The lowest BCUT2D eigenvalue weighted by Crippen LogP contribution is -2.32. The monoisotopic (exact) mass is 598 g/mol. The van der Waals surface area contributed by atoms with Crippen molar-refractivity contribution in [2.75, 3.05) is 33.2 Å². The fraction of sp³-hybridized carbons (Fsp3) is 0.148. The molecular weight excluding hydrogens is 571 g/mol. The van der Waals surface area contributed by atoms with Crippen molar-refractivity contribution in [1.82, 2.24) is 10.7 Å². The molecule has 0 saturated carbocycles. The molecule has 0 spiro atoms. The van der Waals surface area contributed by atoms with Crippen LogP contribution in [-0.4, -0.2) is 46.3 Å². The van der Waals surface area contributed by atoms with Crippen molar-refractivity contribution >= 4 is 52.4 Å². The molecule has 2 amide bonds. The van der Waals surface area contributed by atoms with E-state index in [1.54, 1.807) is 50.6 Å². The zero-order valence-electron chi connectivity index (χ0n) is 20.4. The Bertz CT molecular complexity index is 1270. The molecule has 0 aromatic heterocycles. The van der Waals surface area contributed by atoms with Gasteiger partial charge in [0.05, 0.1) is 24.0 Å². The minimum atomic E-state index is -0.567. The van der Waals surface area contributed by atoms with Gasteiger partial charge in [0.15, 0.2) is 11.5 Å². The second kappa shape index (κ2) is 12.7. The number of methoxy groups -OCH3 is 2. The van der Waals surface area contributed by atoms with Gasteiger partial charge >= 0.3 is 0 Å². The van der Waals surface area contributed by atoms with Crippen LogP contribution in [0.15, 0.2) is 77.5 Å². The third kappa shape index (κ3) is 7.08. The molecule has 36 heavy (non-hydrogen) atoms. The molecule has 0 aliphatic rings. The van der Waals surface area contributed by atoms with Crippen LogP contribution in [0.1, 0.15) is 21.5 Å². The van der Waals surface area contributed by atoms with Crippen LogP contribution in [0.3, 0.4) is 0 Å². The number of anilines is 1. The van der Waals surface area contributed by atoms with Gasteiger partial charge in [0.25, 0.3) is 11.8 Å². The van der Waals surface area contributed by atoms with Crippen molar-refractivity contribution in [2.24, 2.45) is 5.10 Å². The first-order valence-electron chi connectivity index (χ1n) is 10.9. The standard InChI is InChI=1S/C27H27IN4O4/c1-32(2)21-12-10-18(11-13-21)15-23(30-26(33)20-8-6-5-7-9-20)27(34)31-29-17-19-14-22(28)25(36-4)24(16-19)35-3/h5-17H,1-4H3,(H,30,33)(H,31,34)/b23-15+,29-17+. The summed E-state index contributed by atoms with van der Waals surface area (Å²) in [6, 6.07) is 19.9. The number of benzene rings is 3. The van der Waals surface area contributed by atoms with E-state index in [4.69, 9.17) is 9.47 Å². The molecule has 2 N–H and O–H groups in total. The number of hydrogen-bond donors (Lipinski definition) is 2. The lowest BCUT2D eigenvalue weighted by Gasteiger charge is -2.13. The molecule has 8 nitrogen and oxygen atoms in total. The molecule has 3 aromatic carbocycles. The number of carbonyl (C=O) groups excluding carboxylic acids is 2. The highest BCUT2D eigenvalue weighted by atomic mass is 127. The highest BCUT2D eigenvalue weighted by molar-refractivity contribution is 14.1. The first kappa shape index (κ1) is 26.7. The summed E-state index contributed by atoms with van der Waals surface area (Å²) in [5.41, 5.74) is 5.44. The van der Waals surface area contributed by atoms with E-state index in [1.807, 2.05) is 55.4 Å². The molecule has 3 aromatic rings. The van der Waals surface area contributed by atoms with Crippen LogP contribution < -0.4 is 25.1 Å². The summed E-state index contributed by atoms with van der Waals surface area (Å²) in [5.74, 6) is 0.199. The first-order chi connectivity index (χ1) is 17.3. The smallest absolute Gasteiger partial charge is 0.287 e. The van der Waals surface area contributed by atoms with Crippen LogP contribution in [0.2, 0.25) is 0 Å². The molecule has 0 aliphatic carbocycles. The Morgan fingerprint density at radius 1 is 0.944 bits per heavy atom. The summed E-state index contributed by atoms with van der Waals surface area (Å²) >= 11 is 2.13. The summed E-state index contributed by atoms with van der Waals surface area (Å²) in [6.07, 6.45) is 3.09. The predicted molar refractivity (Wildman–Crippen MR) is 151 cm³/mol. The minimum absolute atomic E-state index is 0.0560. The number of hydrazone groups is 1. The van der Waals surface area contributed by atoms with Crippen molar-refractivity contribution in [3.8, 4) is 11.5 Å². The molecule has 3 rings (SSSR count). The maximum atomic E-state index is 13.0. The van der Waals surface area contributed by atoms with Crippen molar-refractivity contribution in [1.29, 1.82) is 0 Å². The normalized spacial score (nSPS) is 11.2. The molecule has 0 bridgehead atoms. The Labute approximate surface area is 224 Å². The zero-order valence-corrected chi connectivity index (χ0v) is 22.6. The minimum Gasteiger partial charge on any atom is -0.493 e. The first-order valence-corrected chi connectivity index (χ1v) is 12.0. The number of nitrogens with zero attached hydrogens (tertiary/aromatic N) is 2. The van der Waals surface area contributed by atoms with E-state index in [2.05, 4.69) is 38.4 Å².